The van der Waals surface area contributed by atoms with Crippen LogP contribution in [0.5, 0.6) is 5.75 Å². The van der Waals surface area contributed by atoms with Gasteiger partial charge in [0.15, 0.2) is 0 Å². The third-order valence-electron chi connectivity index (χ3n) is 6.33. The molecule has 2 aromatic carbocycles. The van der Waals surface area contributed by atoms with Gasteiger partial charge in [0.2, 0.25) is 29.5 Å². The number of nitrogens with one attached hydrogen (secondary N) is 4. The summed E-state index contributed by atoms with van der Waals surface area (Å²) in [6.07, 6.45) is -0.189. The van der Waals surface area contributed by atoms with Gasteiger partial charge in [0.25, 0.3) is 0 Å². The van der Waals surface area contributed by atoms with Crippen LogP contribution in [0.3, 0.4) is 0 Å². The van der Waals surface area contributed by atoms with E-state index in [1.54, 1.807) is 42.5 Å². The van der Waals surface area contributed by atoms with E-state index in [1.165, 1.54) is 23.9 Å². The molecule has 5 amide bonds. The van der Waals surface area contributed by atoms with Gasteiger partial charge in [-0.15, -0.1) is 0 Å². The zero-order chi connectivity index (χ0) is 32.5. The Morgan fingerprint density at radius 2 is 1.43 bits per heavy atom. The number of thioether (sulfide) groups is 1. The van der Waals surface area contributed by atoms with E-state index in [2.05, 4.69) is 21.3 Å². The lowest BCUT2D eigenvalue weighted by molar-refractivity contribution is -0.131. The number of nitrogens with two attached hydrogens (primary N) is 3. The topological polar surface area (TPSA) is 252 Å². The number of hydrogen-bond acceptors (Lipinski definition) is 10. The molecule has 0 bridgehead atoms. The van der Waals surface area contributed by atoms with E-state index in [1.807, 2.05) is 0 Å². The molecule has 0 radical (unpaired) electrons. The summed E-state index contributed by atoms with van der Waals surface area (Å²) in [5, 5.41) is 28.9. The van der Waals surface area contributed by atoms with E-state index in [0.717, 1.165) is 11.1 Å². The highest BCUT2D eigenvalue weighted by molar-refractivity contribution is 7.99. The smallest absolute Gasteiger partial charge is 0.243 e. The van der Waals surface area contributed by atoms with Crippen LogP contribution in [0.15, 0.2) is 54.6 Å². The highest BCUT2D eigenvalue weighted by Gasteiger charge is 2.26. The van der Waals surface area contributed by atoms with Crippen LogP contribution in [0.1, 0.15) is 17.5 Å². The van der Waals surface area contributed by atoms with Crippen molar-refractivity contribution in [3.05, 3.63) is 65.7 Å². The number of amides is 5. The number of benzene rings is 2. The van der Waals surface area contributed by atoms with Gasteiger partial charge >= 0.3 is 0 Å². The lowest BCUT2D eigenvalue weighted by Gasteiger charge is -2.22. The second-order valence-corrected chi connectivity index (χ2v) is 11.1. The van der Waals surface area contributed by atoms with Crippen molar-refractivity contribution in [3.8, 4) is 5.75 Å². The molecule has 0 aliphatic carbocycles. The first-order chi connectivity index (χ1) is 21.0. The number of aliphatic hydroxyl groups excluding tert-OH is 1. The van der Waals surface area contributed by atoms with Crippen LogP contribution in [-0.4, -0.2) is 95.1 Å². The molecule has 15 heteroatoms. The first-order valence-electron chi connectivity index (χ1n) is 13.9. The second kappa shape index (κ2) is 19.2. The van der Waals surface area contributed by atoms with Gasteiger partial charge in [-0.05, 0) is 41.9 Å². The van der Waals surface area contributed by atoms with E-state index < -0.39 is 66.9 Å². The summed E-state index contributed by atoms with van der Waals surface area (Å²) in [5.74, 6) is -2.42. The lowest BCUT2D eigenvalue weighted by atomic mass is 10.0. The van der Waals surface area contributed by atoms with E-state index in [9.17, 15) is 34.2 Å². The van der Waals surface area contributed by atoms with Crippen molar-refractivity contribution in [2.24, 2.45) is 17.2 Å². The van der Waals surface area contributed by atoms with Crippen LogP contribution < -0.4 is 38.5 Å². The minimum absolute atomic E-state index is 0.0838. The molecular weight excluding hydrogens is 590 g/mol. The summed E-state index contributed by atoms with van der Waals surface area (Å²) < 4.78 is 0. The average Bonchev–Trinajstić information content (AvgIpc) is 3.01. The van der Waals surface area contributed by atoms with Crippen molar-refractivity contribution in [1.29, 1.82) is 0 Å². The predicted octanol–water partition coefficient (Wildman–Crippen LogP) is -2.37. The third-order valence-corrected chi connectivity index (χ3v) is 7.47. The first kappa shape index (κ1) is 36.0. The molecule has 0 spiro atoms. The normalized spacial score (nSPS) is 13.5. The van der Waals surface area contributed by atoms with Crippen molar-refractivity contribution < 1.29 is 34.2 Å². The maximum Gasteiger partial charge on any atom is 0.243 e. The Kier molecular flexibility index (Phi) is 15.7. The quantitative estimate of drug-likeness (QED) is 0.0745. The fourth-order valence-electron chi connectivity index (χ4n) is 3.87. The summed E-state index contributed by atoms with van der Waals surface area (Å²) in [6, 6.07) is 12.1. The molecule has 12 N–H and O–H groups in total. The Morgan fingerprint density at radius 3 is 2.07 bits per heavy atom. The SMILES string of the molecule is NCC(O)CSCC[C@H](NC(=O)[C@H](Cc1ccccc1)NC(=O)CNC(=O)CNC(=O)[C@@H](N)Cc1ccc(O)cc1)C(N)=O. The van der Waals surface area contributed by atoms with Gasteiger partial charge in [-0.2, -0.15) is 11.8 Å². The number of primary amides is 1. The number of hydrogen-bond donors (Lipinski definition) is 9. The zero-order valence-corrected chi connectivity index (χ0v) is 25.1. The highest BCUT2D eigenvalue weighted by atomic mass is 32.2. The van der Waals surface area contributed by atoms with Crippen LogP contribution in [0.25, 0.3) is 0 Å². The molecule has 0 aliphatic heterocycles. The van der Waals surface area contributed by atoms with Crippen molar-refractivity contribution in [3.63, 3.8) is 0 Å². The highest BCUT2D eigenvalue weighted by Crippen LogP contribution is 2.11. The lowest BCUT2D eigenvalue weighted by Crippen LogP contribution is -2.55. The molecule has 44 heavy (non-hydrogen) atoms. The standard InChI is InChI=1S/C29H41N7O7S/c30-14-21(38)17-44-11-10-23(27(32)41)36-29(43)24(13-18-4-2-1-3-5-18)35-26(40)16-33-25(39)15-34-28(42)22(31)12-19-6-8-20(37)9-7-19/h1-9,21-24,37-38H,10-17,30-31H2,(H2,32,41)(H,33,39)(H,34,42)(H,35,40)(H,36,43)/t21?,22-,23-,24-/m0/s1. The minimum atomic E-state index is -1.09. The van der Waals surface area contributed by atoms with Gasteiger partial charge in [0, 0.05) is 18.7 Å². The molecule has 0 aliphatic rings. The molecule has 0 heterocycles. The summed E-state index contributed by atoms with van der Waals surface area (Å²) in [5.41, 5.74) is 18.2. The largest absolute Gasteiger partial charge is 0.508 e. The first-order valence-corrected chi connectivity index (χ1v) is 15.1. The molecule has 1 unspecified atom stereocenters. The number of phenolic OH excluding ortho intramolecular Hbond substituents is 1. The van der Waals surface area contributed by atoms with Crippen LogP contribution in [0.2, 0.25) is 0 Å². The summed E-state index contributed by atoms with van der Waals surface area (Å²) in [6.45, 7) is -0.800. The van der Waals surface area contributed by atoms with E-state index in [0.29, 0.717) is 11.5 Å². The molecule has 2 aromatic rings. The maximum atomic E-state index is 13.2. The van der Waals surface area contributed by atoms with Crippen molar-refractivity contribution in [2.75, 3.05) is 31.1 Å². The second-order valence-electron chi connectivity index (χ2n) is 10.00. The molecule has 14 nitrogen and oxygen atoms in total. The number of rotatable bonds is 19. The number of carbonyl (C=O) groups excluding carboxylic acids is 5. The minimum Gasteiger partial charge on any atom is -0.508 e. The van der Waals surface area contributed by atoms with Crippen LogP contribution in [0.4, 0.5) is 0 Å². The fraction of sp³-hybridized carbons (Fsp3) is 0.414. The zero-order valence-electron chi connectivity index (χ0n) is 24.2. The van der Waals surface area contributed by atoms with Gasteiger partial charge < -0.3 is 48.7 Å². The number of phenols is 1. The molecule has 0 saturated heterocycles. The Balaban J connectivity index is 1.88. The van der Waals surface area contributed by atoms with Crippen molar-refractivity contribution in [1.82, 2.24) is 21.3 Å². The molecule has 0 fully saturated rings. The Bertz CT molecular complexity index is 1230. The maximum absolute atomic E-state index is 13.2. The Labute approximate surface area is 259 Å². The van der Waals surface area contributed by atoms with Crippen LogP contribution in [0, 0.1) is 0 Å². The van der Waals surface area contributed by atoms with Gasteiger partial charge in [-0.25, -0.2) is 0 Å². The predicted molar refractivity (Wildman–Crippen MR) is 166 cm³/mol. The van der Waals surface area contributed by atoms with Gasteiger partial charge in [0.05, 0.1) is 25.2 Å². The van der Waals surface area contributed by atoms with E-state index in [-0.39, 0.29) is 31.6 Å². The monoisotopic (exact) mass is 631 g/mol. The Hall–Kier alpha value is -4.18. The van der Waals surface area contributed by atoms with Crippen molar-refractivity contribution >= 4 is 41.3 Å². The number of aliphatic hydroxyl groups is 1. The third kappa shape index (κ3) is 13.9. The van der Waals surface area contributed by atoms with Crippen LogP contribution in [-0.2, 0) is 36.8 Å². The summed E-state index contributed by atoms with van der Waals surface area (Å²) in [7, 11) is 0. The van der Waals surface area contributed by atoms with Gasteiger partial charge in [0.1, 0.15) is 17.8 Å². The Morgan fingerprint density at radius 1 is 0.795 bits per heavy atom. The number of carbonyl (C=O) groups is 5. The van der Waals surface area contributed by atoms with Gasteiger partial charge in [-0.1, -0.05) is 42.5 Å². The molecular formula is C29H41N7O7S. The summed E-state index contributed by atoms with van der Waals surface area (Å²) >= 11 is 1.36. The summed E-state index contributed by atoms with van der Waals surface area (Å²) in [4.78, 5) is 62.4. The fourth-order valence-corrected chi connectivity index (χ4v) is 4.85. The molecule has 0 aromatic heterocycles. The van der Waals surface area contributed by atoms with Gasteiger partial charge in [-0.3, -0.25) is 24.0 Å². The molecule has 240 valence electrons. The van der Waals surface area contributed by atoms with Crippen LogP contribution >= 0.6 is 11.8 Å². The van der Waals surface area contributed by atoms with E-state index >= 15 is 0 Å². The molecule has 4 atom stereocenters. The van der Waals surface area contributed by atoms with E-state index in [4.69, 9.17) is 17.2 Å². The number of aromatic hydroxyl groups is 1. The molecule has 0 saturated carbocycles. The molecule has 2 rings (SSSR count). The average molecular weight is 632 g/mol. The van der Waals surface area contributed by atoms with Crippen molar-refractivity contribution in [2.45, 2.75) is 43.5 Å².